The number of esters is 2. The molecule has 0 aliphatic carbocycles. The van der Waals surface area contributed by atoms with Crippen LogP contribution in [0.3, 0.4) is 0 Å². The van der Waals surface area contributed by atoms with Crippen LogP contribution in [0.4, 0.5) is 0 Å². The van der Waals surface area contributed by atoms with Gasteiger partial charge in [0.2, 0.25) is 0 Å². The molecule has 0 fully saturated rings. The minimum absolute atomic E-state index is 0.201. The number of halogens is 1. The average Bonchev–Trinajstić information content (AvgIpc) is 2.82. The highest BCUT2D eigenvalue weighted by Crippen LogP contribution is 2.34. The van der Waals surface area contributed by atoms with Crippen LogP contribution in [0.2, 0.25) is 5.02 Å². The maximum atomic E-state index is 13.0. The zero-order valence-electron chi connectivity index (χ0n) is 21.1. The maximum Gasteiger partial charge on any atom is 0.328 e. The molecule has 33 heavy (non-hydrogen) atoms. The summed E-state index contributed by atoms with van der Waals surface area (Å²) in [6, 6.07) is 4.78. The zero-order chi connectivity index (χ0) is 24.5. The van der Waals surface area contributed by atoms with Gasteiger partial charge in [0, 0.05) is 6.07 Å². The van der Waals surface area contributed by atoms with E-state index in [0.29, 0.717) is 25.2 Å². The second-order valence-electron chi connectivity index (χ2n) is 8.65. The highest BCUT2D eigenvalue weighted by molar-refractivity contribution is 6.32. The van der Waals surface area contributed by atoms with Gasteiger partial charge in [0.1, 0.15) is 11.5 Å². The Morgan fingerprint density at radius 1 is 0.818 bits per heavy atom. The SMILES string of the molecule is CCCCCCCCCCCCCOC(=O)C(CC)(CC)C(=O)Oc1ccc(OC)cc1Cl. The predicted octanol–water partition coefficient (Wildman–Crippen LogP) is 7.91. The highest BCUT2D eigenvalue weighted by atomic mass is 35.5. The van der Waals surface area contributed by atoms with Crippen molar-refractivity contribution in [2.45, 2.75) is 104 Å². The zero-order valence-corrected chi connectivity index (χ0v) is 21.8. The van der Waals surface area contributed by atoms with E-state index in [1.807, 2.05) is 0 Å². The van der Waals surface area contributed by atoms with Crippen LogP contribution in [0, 0.1) is 5.41 Å². The number of unbranched alkanes of at least 4 members (excludes halogenated alkanes) is 10. The molecule has 0 aromatic heterocycles. The summed E-state index contributed by atoms with van der Waals surface area (Å²) in [4.78, 5) is 25.8. The van der Waals surface area contributed by atoms with Crippen molar-refractivity contribution < 1.29 is 23.8 Å². The normalized spacial score (nSPS) is 11.3. The number of hydrogen-bond acceptors (Lipinski definition) is 5. The monoisotopic (exact) mass is 482 g/mol. The summed E-state index contributed by atoms with van der Waals surface area (Å²) < 4.78 is 16.1. The lowest BCUT2D eigenvalue weighted by molar-refractivity contribution is -0.168. The molecule has 0 saturated heterocycles. The Bertz CT molecular complexity index is 700. The van der Waals surface area contributed by atoms with Crippen molar-refractivity contribution in [2.24, 2.45) is 5.41 Å². The fraction of sp³-hybridized carbons (Fsp3) is 0.704. The van der Waals surface area contributed by atoms with Gasteiger partial charge in [0.15, 0.2) is 5.41 Å². The van der Waals surface area contributed by atoms with Crippen molar-refractivity contribution in [1.82, 2.24) is 0 Å². The van der Waals surface area contributed by atoms with Crippen molar-refractivity contribution in [1.29, 1.82) is 0 Å². The minimum Gasteiger partial charge on any atom is -0.497 e. The number of carbonyl (C=O) groups is 2. The largest absolute Gasteiger partial charge is 0.497 e. The summed E-state index contributed by atoms with van der Waals surface area (Å²) in [6.45, 7) is 6.16. The average molecular weight is 483 g/mol. The Morgan fingerprint density at radius 2 is 1.36 bits per heavy atom. The standard InChI is InChI=1S/C27H43ClO5/c1-5-8-9-10-11-12-13-14-15-16-17-20-32-25(29)27(6-2,7-3)26(30)33-24-19-18-22(31-4)21-23(24)28/h18-19,21H,5-17,20H2,1-4H3. The molecule has 0 atom stereocenters. The van der Waals surface area contributed by atoms with Gasteiger partial charge in [-0.3, -0.25) is 9.59 Å². The van der Waals surface area contributed by atoms with Crippen molar-refractivity contribution in [3.8, 4) is 11.5 Å². The molecule has 0 heterocycles. The second kappa shape index (κ2) is 16.8. The molecule has 1 rings (SSSR count). The summed E-state index contributed by atoms with van der Waals surface area (Å²) in [5.41, 5.74) is -1.33. The Hall–Kier alpha value is -1.75. The van der Waals surface area contributed by atoms with Crippen LogP contribution in [0.25, 0.3) is 0 Å². The van der Waals surface area contributed by atoms with E-state index >= 15 is 0 Å². The van der Waals surface area contributed by atoms with Crippen molar-refractivity contribution in [3.63, 3.8) is 0 Å². The maximum absolute atomic E-state index is 13.0. The summed E-state index contributed by atoms with van der Waals surface area (Å²) in [5, 5.41) is 0.248. The van der Waals surface area contributed by atoms with Crippen molar-refractivity contribution in [3.05, 3.63) is 23.2 Å². The van der Waals surface area contributed by atoms with Gasteiger partial charge in [-0.1, -0.05) is 96.6 Å². The Kier molecular flexibility index (Phi) is 14.9. The van der Waals surface area contributed by atoms with Gasteiger partial charge in [-0.15, -0.1) is 0 Å². The fourth-order valence-electron chi connectivity index (χ4n) is 3.87. The molecule has 0 N–H and O–H groups in total. The molecule has 0 aliphatic rings. The van der Waals surface area contributed by atoms with Gasteiger partial charge >= 0.3 is 11.9 Å². The van der Waals surface area contributed by atoms with Crippen LogP contribution < -0.4 is 9.47 Å². The molecule has 0 amide bonds. The van der Waals surface area contributed by atoms with Gasteiger partial charge in [-0.2, -0.15) is 0 Å². The third-order valence-electron chi connectivity index (χ3n) is 6.31. The molecule has 0 radical (unpaired) electrons. The molecule has 1 aromatic rings. The lowest BCUT2D eigenvalue weighted by Gasteiger charge is -2.27. The van der Waals surface area contributed by atoms with E-state index in [9.17, 15) is 9.59 Å². The molecule has 0 spiro atoms. The van der Waals surface area contributed by atoms with E-state index in [2.05, 4.69) is 6.92 Å². The minimum atomic E-state index is -1.33. The van der Waals surface area contributed by atoms with E-state index in [1.165, 1.54) is 58.5 Å². The molecule has 5 nitrogen and oxygen atoms in total. The van der Waals surface area contributed by atoms with Crippen LogP contribution in [0.15, 0.2) is 18.2 Å². The van der Waals surface area contributed by atoms with Crippen LogP contribution >= 0.6 is 11.6 Å². The van der Waals surface area contributed by atoms with E-state index < -0.39 is 17.4 Å². The molecular weight excluding hydrogens is 440 g/mol. The number of hydrogen-bond donors (Lipinski definition) is 0. The van der Waals surface area contributed by atoms with Gasteiger partial charge in [-0.05, 0) is 31.4 Å². The quantitative estimate of drug-likeness (QED) is 0.0919. The topological polar surface area (TPSA) is 61.8 Å². The molecular formula is C27H43ClO5. The summed E-state index contributed by atoms with van der Waals surface area (Å²) in [6.07, 6.45) is 14.1. The van der Waals surface area contributed by atoms with E-state index in [1.54, 1.807) is 32.0 Å². The number of benzene rings is 1. The molecule has 0 saturated carbocycles. The first-order valence-electron chi connectivity index (χ1n) is 12.7. The van der Waals surface area contributed by atoms with Gasteiger partial charge in [0.25, 0.3) is 0 Å². The third-order valence-corrected chi connectivity index (χ3v) is 6.61. The first-order valence-corrected chi connectivity index (χ1v) is 13.1. The van der Waals surface area contributed by atoms with Crippen LogP contribution in [0.5, 0.6) is 11.5 Å². The fourth-order valence-corrected chi connectivity index (χ4v) is 4.08. The molecule has 1 aromatic carbocycles. The Labute approximate surface area is 205 Å². The predicted molar refractivity (Wildman–Crippen MR) is 134 cm³/mol. The summed E-state index contributed by atoms with van der Waals surface area (Å²) in [7, 11) is 1.53. The number of carbonyl (C=O) groups excluding carboxylic acids is 2. The summed E-state index contributed by atoms with van der Waals surface area (Å²) >= 11 is 6.19. The van der Waals surface area contributed by atoms with E-state index in [-0.39, 0.29) is 10.8 Å². The van der Waals surface area contributed by atoms with Gasteiger partial charge in [-0.25, -0.2) is 0 Å². The molecule has 6 heteroatoms. The van der Waals surface area contributed by atoms with Crippen LogP contribution in [0.1, 0.15) is 104 Å². The van der Waals surface area contributed by atoms with Crippen LogP contribution in [-0.2, 0) is 14.3 Å². The van der Waals surface area contributed by atoms with Gasteiger partial charge in [0.05, 0.1) is 18.7 Å². The van der Waals surface area contributed by atoms with Gasteiger partial charge < -0.3 is 14.2 Å². The van der Waals surface area contributed by atoms with E-state index in [0.717, 1.165) is 19.3 Å². The lowest BCUT2D eigenvalue weighted by Crippen LogP contribution is -2.42. The first kappa shape index (κ1) is 29.3. The third kappa shape index (κ3) is 9.95. The van der Waals surface area contributed by atoms with Crippen LogP contribution in [-0.4, -0.2) is 25.7 Å². The number of methoxy groups -OCH3 is 1. The Balaban J connectivity index is 2.40. The summed E-state index contributed by atoms with van der Waals surface area (Å²) in [5.74, 6) is -0.395. The smallest absolute Gasteiger partial charge is 0.328 e. The molecule has 188 valence electrons. The molecule has 0 bridgehead atoms. The number of rotatable bonds is 18. The second-order valence-corrected chi connectivity index (χ2v) is 9.05. The number of ether oxygens (including phenoxy) is 3. The van der Waals surface area contributed by atoms with E-state index in [4.69, 9.17) is 25.8 Å². The lowest BCUT2D eigenvalue weighted by atomic mass is 9.82. The van der Waals surface area contributed by atoms with Crippen molar-refractivity contribution in [2.75, 3.05) is 13.7 Å². The highest BCUT2D eigenvalue weighted by Gasteiger charge is 2.46. The van der Waals surface area contributed by atoms with Crippen molar-refractivity contribution >= 4 is 23.5 Å². The first-order chi connectivity index (χ1) is 15.9. The Morgan fingerprint density at radius 3 is 1.85 bits per heavy atom. The molecule has 0 unspecified atom stereocenters. The molecule has 0 aliphatic heterocycles.